The molecule has 1 aromatic rings. The maximum Gasteiger partial charge on any atom is 1.00 e. The second-order valence-electron chi connectivity index (χ2n) is 15.5. The van der Waals surface area contributed by atoms with Gasteiger partial charge in [0.1, 0.15) is 11.6 Å². The Balaban J connectivity index is 0.00000541. The second-order valence-corrected chi connectivity index (χ2v) is 21.5. The third-order valence-corrected chi connectivity index (χ3v) is 14.8. The molecule has 7 atom stereocenters. The maximum atomic E-state index is 13.7. The SMILES string of the molecule is CCN(CCCS(=O)(=O)[O-])C1CCC(N=Nc2c(C#N)c(C(C)(C)C)nn2C2C(Cl)CC(S(=O)(=O)[O-])CC2Cl)C(NC(=O)C2CCCC(S(=O)(=O)[O-])C2)C1.[K+].[K+].[K+]. The zero-order valence-electron chi connectivity index (χ0n) is 33.6. The molecule has 1 N–H and O–H groups in total. The van der Waals surface area contributed by atoms with Crippen molar-refractivity contribution in [2.45, 2.75) is 143 Å². The van der Waals surface area contributed by atoms with Crippen LogP contribution < -0.4 is 159 Å². The minimum atomic E-state index is -4.69. The molecule has 1 heterocycles. The van der Waals surface area contributed by atoms with Gasteiger partial charge in [0.2, 0.25) is 5.91 Å². The Hall–Kier alpha value is 2.95. The molecule has 1 aromatic heterocycles. The van der Waals surface area contributed by atoms with Crippen molar-refractivity contribution in [3.63, 3.8) is 0 Å². The van der Waals surface area contributed by atoms with Gasteiger partial charge >= 0.3 is 154 Å². The van der Waals surface area contributed by atoms with E-state index in [1.54, 1.807) is 0 Å². The van der Waals surface area contributed by atoms with Crippen LogP contribution in [-0.4, -0.2) is 118 Å². The van der Waals surface area contributed by atoms with Crippen LogP contribution in [0.25, 0.3) is 0 Å². The number of alkyl halides is 2. The maximum absolute atomic E-state index is 13.7. The summed E-state index contributed by atoms with van der Waals surface area (Å²) in [6.07, 6.45) is 1.81. The summed E-state index contributed by atoms with van der Waals surface area (Å²) in [5.41, 5.74) is -0.222. The van der Waals surface area contributed by atoms with E-state index in [4.69, 9.17) is 28.3 Å². The monoisotopic (exact) mass is 973 g/mol. The van der Waals surface area contributed by atoms with Gasteiger partial charge in [-0.05, 0) is 70.9 Å². The van der Waals surface area contributed by atoms with Crippen molar-refractivity contribution in [1.82, 2.24) is 20.0 Å². The summed E-state index contributed by atoms with van der Waals surface area (Å²) < 4.78 is 106. The minimum Gasteiger partial charge on any atom is -0.748 e. The Morgan fingerprint density at radius 2 is 1.54 bits per heavy atom. The summed E-state index contributed by atoms with van der Waals surface area (Å²) in [5, 5.41) is 22.8. The largest absolute Gasteiger partial charge is 1.00 e. The van der Waals surface area contributed by atoms with E-state index in [2.05, 4.69) is 21.6 Å². The molecule has 1 amide bonds. The van der Waals surface area contributed by atoms with E-state index in [0.717, 1.165) is 0 Å². The Bertz CT molecular complexity index is 1920. The van der Waals surface area contributed by atoms with Crippen molar-refractivity contribution in [3.05, 3.63) is 11.3 Å². The van der Waals surface area contributed by atoms with Gasteiger partial charge in [0.15, 0.2) is 5.82 Å². The standard InChI is InChI=1S/C32H51Cl2N7O10S3.3K/c1-5-40(12-7-13-52(43,44)45)20-10-11-26(27(15-20)36-31(42)19-8-6-9-21(14-19)53(46,47)48)37-38-30-23(18-35)29(32(2,3)4)39-41(30)28-24(33)16-22(17-25(28)34)54(49,50)51;;;/h19-22,24-28H,5-17H2,1-4H3,(H,36,42)(H,43,44,45)(H,46,47,48)(H,49,50,51);;;/q;3*+1/p-3. The van der Waals surface area contributed by atoms with Gasteiger partial charge in [0.05, 0.1) is 75.4 Å². The molecule has 4 rings (SSSR count). The van der Waals surface area contributed by atoms with Crippen LogP contribution in [0, 0.1) is 17.2 Å². The Labute approximate surface area is 474 Å². The fourth-order valence-corrected chi connectivity index (χ4v) is 11.5. The first-order valence-corrected chi connectivity index (χ1v) is 23.4. The molecule has 3 fully saturated rings. The number of aromatic nitrogens is 2. The molecule has 0 aliphatic heterocycles. The number of rotatable bonds is 13. The normalized spacial score (nSPS) is 28.8. The van der Waals surface area contributed by atoms with Crippen LogP contribution >= 0.6 is 23.2 Å². The molecule has 25 heteroatoms. The molecule has 3 aliphatic rings. The van der Waals surface area contributed by atoms with Crippen LogP contribution in [0.15, 0.2) is 10.2 Å². The van der Waals surface area contributed by atoms with Gasteiger partial charge in [-0.15, -0.1) is 28.3 Å². The van der Waals surface area contributed by atoms with Crippen molar-refractivity contribution in [2.75, 3.05) is 18.8 Å². The van der Waals surface area contributed by atoms with Gasteiger partial charge in [-0.25, -0.2) is 29.9 Å². The Morgan fingerprint density at radius 3 is 2.05 bits per heavy atom. The van der Waals surface area contributed by atoms with E-state index in [-0.39, 0.29) is 204 Å². The third kappa shape index (κ3) is 16.4. The number of nitriles is 1. The van der Waals surface area contributed by atoms with E-state index in [9.17, 15) is 49.0 Å². The quantitative estimate of drug-likeness (QED) is 0.0838. The third-order valence-electron chi connectivity index (χ3n) is 10.7. The van der Waals surface area contributed by atoms with Gasteiger partial charge in [0.25, 0.3) is 0 Å². The van der Waals surface area contributed by atoms with Crippen molar-refractivity contribution in [1.29, 1.82) is 5.26 Å². The summed E-state index contributed by atoms with van der Waals surface area (Å²) in [6, 6.07) is -0.199. The van der Waals surface area contributed by atoms with Crippen LogP contribution in [0.3, 0.4) is 0 Å². The van der Waals surface area contributed by atoms with Gasteiger partial charge < -0.3 is 23.9 Å². The number of hydrogen-bond donors (Lipinski definition) is 1. The first-order valence-electron chi connectivity index (χ1n) is 18.0. The van der Waals surface area contributed by atoms with Crippen LogP contribution in [0.4, 0.5) is 5.82 Å². The summed E-state index contributed by atoms with van der Waals surface area (Å²) in [5.74, 6) is -1.67. The van der Waals surface area contributed by atoms with Crippen molar-refractivity contribution in [3.8, 4) is 6.07 Å². The molecule has 0 spiro atoms. The van der Waals surface area contributed by atoms with Gasteiger partial charge in [-0.3, -0.25) is 4.79 Å². The Morgan fingerprint density at radius 1 is 0.947 bits per heavy atom. The van der Waals surface area contributed by atoms with Crippen LogP contribution in [0.5, 0.6) is 0 Å². The summed E-state index contributed by atoms with van der Waals surface area (Å²) in [6.45, 7) is 8.25. The number of carbonyl (C=O) groups is 1. The molecule has 3 aliphatic carbocycles. The zero-order chi connectivity index (χ0) is 40.4. The van der Waals surface area contributed by atoms with E-state index in [1.165, 1.54) is 4.68 Å². The smallest absolute Gasteiger partial charge is 0.748 e. The van der Waals surface area contributed by atoms with E-state index in [0.29, 0.717) is 50.9 Å². The first kappa shape index (κ1) is 58.0. The summed E-state index contributed by atoms with van der Waals surface area (Å²) >= 11 is 13.4. The molecule has 0 radical (unpaired) electrons. The second kappa shape index (κ2) is 24.5. The number of halogens is 2. The average molecular weight is 975 g/mol. The van der Waals surface area contributed by atoms with E-state index in [1.807, 2.05) is 32.6 Å². The van der Waals surface area contributed by atoms with Gasteiger partial charge in [-0.2, -0.15) is 15.5 Å². The van der Waals surface area contributed by atoms with Crippen molar-refractivity contribution < 1.29 is 198 Å². The number of carbonyl (C=O) groups excluding carboxylic acids is 1. The molecule has 0 saturated heterocycles. The van der Waals surface area contributed by atoms with Gasteiger partial charge in [-0.1, -0.05) is 34.1 Å². The molecule has 17 nitrogen and oxygen atoms in total. The fourth-order valence-electron chi connectivity index (χ4n) is 7.88. The predicted molar refractivity (Wildman–Crippen MR) is 196 cm³/mol. The van der Waals surface area contributed by atoms with E-state index < -0.39 is 92.7 Å². The fraction of sp³-hybridized carbons (Fsp3) is 0.844. The summed E-state index contributed by atoms with van der Waals surface area (Å²) in [7, 11) is -13.7. The van der Waals surface area contributed by atoms with Crippen molar-refractivity contribution in [2.24, 2.45) is 16.1 Å². The molecule has 3 saturated carbocycles. The molecule has 0 bridgehead atoms. The average Bonchev–Trinajstić information content (AvgIpc) is 3.43. The number of nitrogens with zero attached hydrogens (tertiary/aromatic N) is 6. The van der Waals surface area contributed by atoms with Crippen LogP contribution in [-0.2, 0) is 40.6 Å². The molecule has 0 aromatic carbocycles. The van der Waals surface area contributed by atoms with E-state index >= 15 is 0 Å². The number of nitrogens with one attached hydrogen (secondary N) is 1. The number of amides is 1. The van der Waals surface area contributed by atoms with Crippen molar-refractivity contribution >= 4 is 65.3 Å². The number of azo groups is 1. The summed E-state index contributed by atoms with van der Waals surface area (Å²) in [4.78, 5) is 15.7. The molecule has 7 unspecified atom stereocenters. The topological polar surface area (TPSA) is 270 Å². The minimum absolute atomic E-state index is 0. The first-order chi connectivity index (χ1) is 24.9. The van der Waals surface area contributed by atoms with Crippen LogP contribution in [0.2, 0.25) is 0 Å². The van der Waals surface area contributed by atoms with Crippen LogP contribution in [0.1, 0.15) is 109 Å². The molecule has 306 valence electrons. The zero-order valence-corrected chi connectivity index (χ0v) is 47.0. The Kier molecular flexibility index (Phi) is 24.9. The number of hydrogen-bond acceptors (Lipinski definition) is 15. The molecular formula is C32H48Cl2K3N7O10S3. The predicted octanol–water partition coefficient (Wildman–Crippen LogP) is -5.62. The molecular weight excluding hydrogens is 927 g/mol. The molecule has 57 heavy (non-hydrogen) atoms. The van der Waals surface area contributed by atoms with Gasteiger partial charge in [0, 0.05) is 23.1 Å².